The van der Waals surface area contributed by atoms with Crippen molar-refractivity contribution in [1.82, 2.24) is 9.88 Å². The van der Waals surface area contributed by atoms with Gasteiger partial charge in [-0.25, -0.2) is 0 Å². The first-order valence-electron chi connectivity index (χ1n) is 7.45. The number of nitrogens with zero attached hydrogens (tertiary/aromatic N) is 3. The summed E-state index contributed by atoms with van der Waals surface area (Å²) in [4.78, 5) is 21.2. The highest BCUT2D eigenvalue weighted by molar-refractivity contribution is 6.31. The summed E-state index contributed by atoms with van der Waals surface area (Å²) in [7, 11) is 1.14. The molecule has 2 atom stereocenters. The standard InChI is InChI=1S/C16H15ClF3N3O/c1-23(8-16(18,19)20)15(24)13-5-9(6-21-13)14-10-3-2-4-12(10)22-7-11(14)17/h2-3,6-7,9,13H,4-5,8H2,1H3. The van der Waals surface area contributed by atoms with Crippen molar-refractivity contribution in [2.75, 3.05) is 13.6 Å². The zero-order valence-electron chi connectivity index (χ0n) is 12.8. The van der Waals surface area contributed by atoms with Crippen molar-refractivity contribution >= 4 is 29.8 Å². The predicted molar refractivity (Wildman–Crippen MR) is 85.3 cm³/mol. The van der Waals surface area contributed by atoms with Gasteiger partial charge in [-0.15, -0.1) is 0 Å². The summed E-state index contributed by atoms with van der Waals surface area (Å²) in [6, 6.07) is -0.812. The van der Waals surface area contributed by atoms with Crippen molar-refractivity contribution < 1.29 is 18.0 Å². The van der Waals surface area contributed by atoms with Gasteiger partial charge in [0.05, 0.1) is 10.7 Å². The Hall–Kier alpha value is -1.89. The highest BCUT2D eigenvalue weighted by atomic mass is 35.5. The Kier molecular flexibility index (Phi) is 4.38. The van der Waals surface area contributed by atoms with Gasteiger partial charge in [0.15, 0.2) is 0 Å². The van der Waals surface area contributed by atoms with Crippen LogP contribution in [0.25, 0.3) is 6.08 Å². The van der Waals surface area contributed by atoms with Gasteiger partial charge >= 0.3 is 6.18 Å². The molecule has 1 aromatic heterocycles. The molecule has 8 heteroatoms. The van der Waals surface area contributed by atoms with Gasteiger partial charge in [-0.2, -0.15) is 13.2 Å². The largest absolute Gasteiger partial charge is 0.406 e. The number of aromatic nitrogens is 1. The first kappa shape index (κ1) is 17.0. The van der Waals surface area contributed by atoms with Crippen molar-refractivity contribution in [3.05, 3.63) is 34.1 Å². The number of hydrogen-bond acceptors (Lipinski definition) is 3. The Morgan fingerprint density at radius 2 is 2.21 bits per heavy atom. The number of halogens is 4. The van der Waals surface area contributed by atoms with E-state index in [1.54, 1.807) is 12.4 Å². The van der Waals surface area contributed by atoms with Crippen molar-refractivity contribution in [3.63, 3.8) is 0 Å². The zero-order chi connectivity index (χ0) is 17.5. The fourth-order valence-electron chi connectivity index (χ4n) is 3.10. The summed E-state index contributed by atoms with van der Waals surface area (Å²) in [6.45, 7) is -1.28. The summed E-state index contributed by atoms with van der Waals surface area (Å²) in [5.74, 6) is -0.839. The van der Waals surface area contributed by atoms with E-state index in [0.29, 0.717) is 16.3 Å². The molecule has 0 saturated heterocycles. The summed E-state index contributed by atoms with van der Waals surface area (Å²) in [5.41, 5.74) is 2.68. The molecule has 1 aliphatic carbocycles. The maximum atomic E-state index is 12.4. The maximum Gasteiger partial charge on any atom is 0.406 e. The molecule has 0 N–H and O–H groups in total. The van der Waals surface area contributed by atoms with Gasteiger partial charge < -0.3 is 4.90 Å². The van der Waals surface area contributed by atoms with Gasteiger partial charge in [-0.05, 0) is 12.0 Å². The third-order valence-electron chi connectivity index (χ3n) is 4.16. The number of alkyl halides is 3. The Balaban J connectivity index is 1.76. The number of hydrogen-bond donors (Lipinski definition) is 0. The lowest BCUT2D eigenvalue weighted by Gasteiger charge is -2.22. The van der Waals surface area contributed by atoms with Crippen LogP contribution in [0.4, 0.5) is 13.2 Å². The number of pyridine rings is 1. The van der Waals surface area contributed by atoms with Crippen LogP contribution in [0.15, 0.2) is 17.3 Å². The van der Waals surface area contributed by atoms with E-state index in [1.807, 2.05) is 12.2 Å². The molecule has 0 bridgehead atoms. The molecule has 2 aliphatic rings. The number of carbonyl (C=O) groups excluding carboxylic acids is 1. The average Bonchev–Trinajstić information content (AvgIpc) is 3.13. The molecule has 0 saturated carbocycles. The maximum absolute atomic E-state index is 12.4. The molecule has 1 aromatic rings. The normalized spacial score (nSPS) is 22.0. The number of aliphatic imine (C=N–C) groups is 1. The highest BCUT2D eigenvalue weighted by Crippen LogP contribution is 2.37. The summed E-state index contributed by atoms with van der Waals surface area (Å²) in [5, 5.41) is 0.480. The zero-order valence-corrected chi connectivity index (χ0v) is 13.6. The number of amides is 1. The van der Waals surface area contributed by atoms with Gasteiger partial charge in [-0.1, -0.05) is 23.8 Å². The SMILES string of the molecule is CN(CC(F)(F)F)C(=O)C1CC(c2c(Cl)cnc3c2C=CC3)C=N1. The van der Waals surface area contributed by atoms with Crippen LogP contribution < -0.4 is 0 Å². The Morgan fingerprint density at radius 3 is 2.92 bits per heavy atom. The third-order valence-corrected chi connectivity index (χ3v) is 4.46. The lowest BCUT2D eigenvalue weighted by Crippen LogP contribution is -2.40. The van der Waals surface area contributed by atoms with E-state index >= 15 is 0 Å². The van der Waals surface area contributed by atoms with Crippen molar-refractivity contribution in [1.29, 1.82) is 0 Å². The van der Waals surface area contributed by atoms with Crippen LogP contribution in [0, 0.1) is 0 Å². The van der Waals surface area contributed by atoms with Crippen LogP contribution in [-0.4, -0.2) is 47.8 Å². The molecule has 0 aromatic carbocycles. The second-order valence-corrected chi connectivity index (χ2v) is 6.36. The molecule has 128 valence electrons. The van der Waals surface area contributed by atoms with Gasteiger partial charge in [0.1, 0.15) is 12.6 Å². The fraction of sp³-hybridized carbons (Fsp3) is 0.438. The monoisotopic (exact) mass is 357 g/mol. The molecule has 0 radical (unpaired) electrons. The minimum Gasteiger partial charge on any atom is -0.335 e. The molecule has 3 rings (SSSR count). The van der Waals surface area contributed by atoms with E-state index in [1.165, 1.54) is 0 Å². The van der Waals surface area contributed by atoms with Gasteiger partial charge in [-0.3, -0.25) is 14.8 Å². The van der Waals surface area contributed by atoms with E-state index in [2.05, 4.69) is 9.98 Å². The molecular formula is C16H15ClF3N3O. The van der Waals surface area contributed by atoms with Crippen LogP contribution in [-0.2, 0) is 11.2 Å². The summed E-state index contributed by atoms with van der Waals surface area (Å²) in [6.07, 6.45) is 3.70. The van der Waals surface area contributed by atoms with E-state index < -0.39 is 24.7 Å². The number of allylic oxidation sites excluding steroid dienone is 1. The topological polar surface area (TPSA) is 45.6 Å². The molecule has 2 unspecified atom stereocenters. The number of carbonyl (C=O) groups is 1. The number of fused-ring (bicyclic) bond motifs is 1. The fourth-order valence-corrected chi connectivity index (χ4v) is 3.39. The smallest absolute Gasteiger partial charge is 0.335 e. The first-order chi connectivity index (χ1) is 11.3. The van der Waals surface area contributed by atoms with Gasteiger partial charge in [0, 0.05) is 37.4 Å². The Morgan fingerprint density at radius 1 is 1.46 bits per heavy atom. The van der Waals surface area contributed by atoms with Crippen molar-refractivity contribution in [3.8, 4) is 0 Å². The van der Waals surface area contributed by atoms with Crippen LogP contribution in [0.1, 0.15) is 29.2 Å². The Bertz CT molecular complexity index is 730. The van der Waals surface area contributed by atoms with E-state index in [9.17, 15) is 18.0 Å². The van der Waals surface area contributed by atoms with Gasteiger partial charge in [0.25, 0.3) is 0 Å². The Labute approximate surface area is 142 Å². The predicted octanol–water partition coefficient (Wildman–Crippen LogP) is 3.25. The van der Waals surface area contributed by atoms with E-state index in [-0.39, 0.29) is 5.92 Å². The second kappa shape index (κ2) is 6.20. The third kappa shape index (κ3) is 3.31. The van der Waals surface area contributed by atoms with E-state index in [0.717, 1.165) is 30.3 Å². The summed E-state index contributed by atoms with van der Waals surface area (Å²) < 4.78 is 37.3. The molecule has 1 amide bonds. The summed E-state index contributed by atoms with van der Waals surface area (Å²) >= 11 is 6.26. The van der Waals surface area contributed by atoms with Crippen LogP contribution in [0.3, 0.4) is 0 Å². The van der Waals surface area contributed by atoms with Gasteiger partial charge in [0.2, 0.25) is 5.91 Å². The lowest BCUT2D eigenvalue weighted by molar-refractivity contribution is -0.159. The van der Waals surface area contributed by atoms with Crippen molar-refractivity contribution in [2.24, 2.45) is 4.99 Å². The molecular weight excluding hydrogens is 343 g/mol. The average molecular weight is 358 g/mol. The minimum atomic E-state index is -4.42. The second-order valence-electron chi connectivity index (χ2n) is 5.95. The molecule has 24 heavy (non-hydrogen) atoms. The van der Waals surface area contributed by atoms with Crippen molar-refractivity contribution in [2.45, 2.75) is 31.0 Å². The van der Waals surface area contributed by atoms with Crippen LogP contribution >= 0.6 is 11.6 Å². The van der Waals surface area contributed by atoms with Crippen LogP contribution in [0.5, 0.6) is 0 Å². The molecule has 1 aliphatic heterocycles. The minimum absolute atomic E-state index is 0.203. The lowest BCUT2D eigenvalue weighted by atomic mass is 9.92. The number of likely N-dealkylation sites (N-methyl/N-ethyl adjacent to an activating group) is 1. The molecule has 2 heterocycles. The molecule has 0 fully saturated rings. The molecule has 0 spiro atoms. The number of rotatable bonds is 3. The first-order valence-corrected chi connectivity index (χ1v) is 7.83. The highest BCUT2D eigenvalue weighted by Gasteiger charge is 2.36. The quantitative estimate of drug-likeness (QED) is 0.833. The van der Waals surface area contributed by atoms with E-state index in [4.69, 9.17) is 11.6 Å². The molecule has 4 nitrogen and oxygen atoms in total. The van der Waals surface area contributed by atoms with Crippen LogP contribution in [0.2, 0.25) is 5.02 Å².